The summed E-state index contributed by atoms with van der Waals surface area (Å²) in [4.78, 5) is 20.1. The molecule has 0 aromatic carbocycles. The largest absolute Gasteiger partial charge is 0.395 e. The second-order valence-corrected chi connectivity index (χ2v) is 10.8. The molecule has 0 radical (unpaired) electrons. The monoisotopic (exact) mass is 547 g/mol. The number of aromatic nitrogens is 3. The van der Waals surface area contributed by atoms with Gasteiger partial charge < -0.3 is 20.2 Å². The molecule has 3 aromatic heterocycles. The van der Waals surface area contributed by atoms with Gasteiger partial charge in [-0.3, -0.25) is 14.8 Å². The van der Waals surface area contributed by atoms with Crippen molar-refractivity contribution in [1.82, 2.24) is 25.4 Å². The summed E-state index contributed by atoms with van der Waals surface area (Å²) in [7, 11) is 1.62. The maximum Gasteiger partial charge on any atom is 0.140 e. The van der Waals surface area contributed by atoms with Crippen molar-refractivity contribution in [3.05, 3.63) is 64.0 Å². The number of ether oxygens (including phenoxy) is 2. The zero-order chi connectivity index (χ0) is 25.2. The first kappa shape index (κ1) is 25.4. The van der Waals surface area contributed by atoms with Gasteiger partial charge in [-0.05, 0) is 25.1 Å². The molecule has 5 N–H and O–H groups in total. The van der Waals surface area contributed by atoms with Gasteiger partial charge >= 0.3 is 0 Å². The molecule has 0 saturated carbocycles. The minimum atomic E-state index is -0.487. The lowest BCUT2D eigenvalue weighted by Crippen LogP contribution is -2.63. The van der Waals surface area contributed by atoms with E-state index in [9.17, 15) is 0 Å². The Hall–Kier alpha value is -2.29. The molecular weight excluding hydrogens is 522 g/mol. The number of thiazole rings is 1. The van der Waals surface area contributed by atoms with Crippen molar-refractivity contribution in [3.8, 4) is 11.4 Å². The first-order valence-corrected chi connectivity index (χ1v) is 13.3. The summed E-state index contributed by atoms with van der Waals surface area (Å²) < 4.78 is 12.4. The van der Waals surface area contributed by atoms with Crippen LogP contribution in [0.2, 0.25) is 5.02 Å². The molecule has 5 atom stereocenters. The molecule has 5 heterocycles. The predicted molar refractivity (Wildman–Crippen MR) is 139 cm³/mol. The van der Waals surface area contributed by atoms with Crippen LogP contribution in [0, 0.1) is 6.92 Å². The van der Waals surface area contributed by atoms with Gasteiger partial charge in [0.05, 0.1) is 23.0 Å². The van der Waals surface area contributed by atoms with E-state index in [1.54, 1.807) is 25.7 Å². The Bertz CT molecular complexity index is 1230. The second-order valence-electron chi connectivity index (χ2n) is 8.32. The van der Waals surface area contributed by atoms with E-state index in [4.69, 9.17) is 37.5 Å². The fraction of sp³-hybridized carbons (Fsp3) is 0.348. The molecule has 13 heteroatoms. The molecule has 2 saturated heterocycles. The Balaban J connectivity index is 1.46. The van der Waals surface area contributed by atoms with Gasteiger partial charge in [0.15, 0.2) is 0 Å². The van der Waals surface area contributed by atoms with Gasteiger partial charge in [-0.25, -0.2) is 10.8 Å². The van der Waals surface area contributed by atoms with Gasteiger partial charge in [-0.15, -0.1) is 11.3 Å². The van der Waals surface area contributed by atoms with Crippen LogP contribution in [0.15, 0.2) is 53.1 Å². The number of hydrogen-bond acceptors (Lipinski definition) is 12. The highest BCUT2D eigenvalue weighted by Crippen LogP contribution is 2.41. The lowest BCUT2D eigenvalue weighted by atomic mass is 9.97. The fourth-order valence-corrected chi connectivity index (χ4v) is 6.50. The Kier molecular flexibility index (Phi) is 7.74. The summed E-state index contributed by atoms with van der Waals surface area (Å²) in [5.74, 6) is 6.57. The molecule has 2 aliphatic rings. The molecule has 0 aliphatic carbocycles. The number of methoxy groups -OCH3 is 1. The molecule has 190 valence electrons. The molecule has 0 spiro atoms. The highest BCUT2D eigenvalue weighted by molar-refractivity contribution is 8.00. The van der Waals surface area contributed by atoms with Crippen LogP contribution >= 0.6 is 34.7 Å². The average Bonchev–Trinajstić information content (AvgIpc) is 3.52. The van der Waals surface area contributed by atoms with Crippen molar-refractivity contribution in [2.45, 2.75) is 41.6 Å². The number of nitrogens with two attached hydrogens (primary N) is 2. The van der Waals surface area contributed by atoms with Crippen LogP contribution in [0.25, 0.3) is 17.1 Å². The number of nitrogens with zero attached hydrogens (tertiary/aromatic N) is 4. The zero-order valence-electron chi connectivity index (χ0n) is 19.6. The van der Waals surface area contributed by atoms with E-state index in [2.05, 4.69) is 20.4 Å². The molecule has 5 rings (SSSR count). The molecular formula is C23H26ClN7O3S2. The van der Waals surface area contributed by atoms with Crippen LogP contribution in [0.1, 0.15) is 10.7 Å². The Morgan fingerprint density at radius 1 is 1.39 bits per heavy atom. The molecule has 2 aliphatic heterocycles. The Labute approximate surface area is 221 Å². The number of hydrogen-bond donors (Lipinski definition) is 3. The number of aryl methyl sites for hydroxylation is 1. The van der Waals surface area contributed by atoms with Crippen LogP contribution in [-0.2, 0) is 14.3 Å². The molecule has 10 nitrogen and oxygen atoms in total. The summed E-state index contributed by atoms with van der Waals surface area (Å²) in [6.07, 6.45) is 3.87. The predicted octanol–water partition coefficient (Wildman–Crippen LogP) is 2.80. The molecule has 3 aromatic rings. The third kappa shape index (κ3) is 5.22. The Morgan fingerprint density at radius 3 is 2.97 bits per heavy atom. The number of hydroxylamine groups is 1. The maximum atomic E-state index is 6.57. The lowest BCUT2D eigenvalue weighted by Gasteiger charge is -2.45. The number of hydrazine groups is 1. The minimum Gasteiger partial charge on any atom is -0.395 e. The molecule has 36 heavy (non-hydrogen) atoms. The van der Waals surface area contributed by atoms with Crippen molar-refractivity contribution < 1.29 is 14.3 Å². The van der Waals surface area contributed by atoms with Crippen molar-refractivity contribution in [2.24, 2.45) is 11.6 Å². The van der Waals surface area contributed by atoms with Gasteiger partial charge in [-0.1, -0.05) is 29.4 Å². The summed E-state index contributed by atoms with van der Waals surface area (Å²) >= 11 is 9.24. The number of thioether (sulfide) groups is 1. The summed E-state index contributed by atoms with van der Waals surface area (Å²) in [5, 5.41) is 4.68. The van der Waals surface area contributed by atoms with Crippen LogP contribution in [0.4, 0.5) is 0 Å². The van der Waals surface area contributed by atoms with E-state index in [-0.39, 0.29) is 12.2 Å². The molecule has 2 fully saturated rings. The number of nitrogens with one attached hydrogen (secondary N) is 1. The van der Waals surface area contributed by atoms with Crippen LogP contribution in [0.3, 0.4) is 0 Å². The SMILES string of the molecule is COC1C(Sc2cc(Cl)cnc2-c2ccccn2)OC2CNOC2C1N(N)/C=C(\N)c1nc(C)cs1. The van der Waals surface area contributed by atoms with E-state index in [0.29, 0.717) is 28.0 Å². The molecule has 5 unspecified atom stereocenters. The van der Waals surface area contributed by atoms with Crippen molar-refractivity contribution >= 4 is 40.4 Å². The van der Waals surface area contributed by atoms with Crippen molar-refractivity contribution in [1.29, 1.82) is 0 Å². The van der Waals surface area contributed by atoms with Crippen molar-refractivity contribution in [3.63, 3.8) is 0 Å². The number of pyridine rings is 2. The Morgan fingerprint density at radius 2 is 2.25 bits per heavy atom. The smallest absolute Gasteiger partial charge is 0.140 e. The zero-order valence-corrected chi connectivity index (χ0v) is 22.0. The second kappa shape index (κ2) is 11.0. The topological polar surface area (TPSA) is 134 Å². The third-order valence-electron chi connectivity index (χ3n) is 5.86. The number of halogens is 1. The van der Waals surface area contributed by atoms with Crippen LogP contribution in [0.5, 0.6) is 0 Å². The standard InChI is InChI=1S/C23H26ClN7O3S2/c1-12-11-35-22(30-12)14(25)10-31(26)19-20-16(9-29-34-20)33-23(21(19)32-2)36-17-7-13(24)8-28-18(17)15-5-3-4-6-27-15/h3-8,10-11,16,19-21,23,29H,9,25-26H2,1-2H3/b14-10-. The first-order valence-electron chi connectivity index (χ1n) is 11.2. The maximum absolute atomic E-state index is 6.57. The number of rotatable bonds is 7. The quantitative estimate of drug-likeness (QED) is 0.298. The highest BCUT2D eigenvalue weighted by Gasteiger charge is 2.52. The highest BCUT2D eigenvalue weighted by atomic mass is 35.5. The van der Waals surface area contributed by atoms with Gasteiger partial charge in [0.25, 0.3) is 0 Å². The molecule has 0 amide bonds. The van der Waals surface area contributed by atoms with E-state index >= 15 is 0 Å². The van der Waals surface area contributed by atoms with Gasteiger partial charge in [0.1, 0.15) is 40.5 Å². The number of fused-ring (bicyclic) bond motifs is 1. The van der Waals surface area contributed by atoms with E-state index in [0.717, 1.165) is 16.3 Å². The van der Waals surface area contributed by atoms with E-state index < -0.39 is 17.6 Å². The van der Waals surface area contributed by atoms with E-state index in [1.807, 2.05) is 36.6 Å². The fourth-order valence-electron chi connectivity index (χ4n) is 4.24. The first-order chi connectivity index (χ1) is 17.4. The normalized spacial score (nSPS) is 26.1. The summed E-state index contributed by atoms with van der Waals surface area (Å²) in [6, 6.07) is 7.12. The average molecular weight is 548 g/mol. The van der Waals surface area contributed by atoms with Gasteiger partial charge in [0.2, 0.25) is 0 Å². The van der Waals surface area contributed by atoms with Gasteiger partial charge in [-0.2, -0.15) is 5.48 Å². The van der Waals surface area contributed by atoms with Gasteiger partial charge in [0, 0.05) is 41.7 Å². The summed E-state index contributed by atoms with van der Waals surface area (Å²) in [5.41, 5.74) is 11.6. The lowest BCUT2D eigenvalue weighted by molar-refractivity contribution is -0.172. The van der Waals surface area contributed by atoms with Crippen LogP contribution < -0.4 is 17.1 Å². The van der Waals surface area contributed by atoms with Crippen molar-refractivity contribution in [2.75, 3.05) is 13.7 Å². The third-order valence-corrected chi connectivity index (χ3v) is 8.25. The minimum absolute atomic E-state index is 0.257. The summed E-state index contributed by atoms with van der Waals surface area (Å²) in [6.45, 7) is 2.43. The van der Waals surface area contributed by atoms with Crippen LogP contribution in [-0.4, -0.2) is 63.4 Å². The molecule has 0 bridgehead atoms. The van der Waals surface area contributed by atoms with E-state index in [1.165, 1.54) is 28.1 Å².